The smallest absolute Gasteiger partial charge is 0.239 e. The molecule has 0 aromatic heterocycles. The number of nitrogens with zero attached hydrogens (tertiary/aromatic N) is 1. The van der Waals surface area contributed by atoms with Crippen LogP contribution in [0.4, 0.5) is 0 Å². The van der Waals surface area contributed by atoms with Crippen LogP contribution in [-0.4, -0.2) is 52.9 Å². The van der Waals surface area contributed by atoms with Crippen LogP contribution in [0.3, 0.4) is 0 Å². The van der Waals surface area contributed by atoms with Crippen molar-refractivity contribution < 1.29 is 15.0 Å². The number of likely N-dealkylation sites (tertiary alicyclic amines) is 1. The number of aliphatic hydroxyl groups excluding tert-OH is 2. The Morgan fingerprint density at radius 3 is 2.69 bits per heavy atom. The molecule has 0 saturated carbocycles. The number of rotatable bonds is 2. The maximum Gasteiger partial charge on any atom is 0.239 e. The van der Waals surface area contributed by atoms with E-state index in [1.165, 1.54) is 4.90 Å². The van der Waals surface area contributed by atoms with Crippen LogP contribution in [-0.2, 0) is 4.79 Å². The molecule has 76 valence electrons. The average molecular weight is 188 g/mol. The van der Waals surface area contributed by atoms with Crippen LogP contribution in [0.1, 0.15) is 6.92 Å². The molecule has 0 aromatic carbocycles. The minimum atomic E-state index is -0.618. The number of amides is 1. The van der Waals surface area contributed by atoms with Gasteiger partial charge in [0.1, 0.15) is 0 Å². The molecule has 1 heterocycles. The van der Waals surface area contributed by atoms with Crippen molar-refractivity contribution in [3.8, 4) is 0 Å². The Morgan fingerprint density at radius 1 is 1.69 bits per heavy atom. The quantitative estimate of drug-likeness (QED) is 0.474. The van der Waals surface area contributed by atoms with Gasteiger partial charge in [-0.1, -0.05) is 0 Å². The van der Waals surface area contributed by atoms with Gasteiger partial charge in [0, 0.05) is 19.0 Å². The molecule has 4 N–H and O–H groups in total. The summed E-state index contributed by atoms with van der Waals surface area (Å²) in [5, 5.41) is 18.2. The first-order chi connectivity index (χ1) is 6.06. The van der Waals surface area contributed by atoms with Crippen LogP contribution in [0, 0.1) is 5.92 Å². The fraction of sp³-hybridized carbons (Fsp3) is 0.875. The van der Waals surface area contributed by atoms with Gasteiger partial charge < -0.3 is 20.8 Å². The fourth-order valence-corrected chi connectivity index (χ4v) is 1.50. The molecule has 1 aliphatic rings. The largest absolute Gasteiger partial charge is 0.396 e. The zero-order chi connectivity index (χ0) is 10.0. The first kappa shape index (κ1) is 10.4. The van der Waals surface area contributed by atoms with Gasteiger partial charge in [-0.3, -0.25) is 4.79 Å². The molecule has 0 radical (unpaired) electrons. The second-order valence-electron chi connectivity index (χ2n) is 3.54. The van der Waals surface area contributed by atoms with Crippen molar-refractivity contribution in [3.63, 3.8) is 0 Å². The second kappa shape index (κ2) is 4.04. The maximum atomic E-state index is 11.4. The predicted octanol–water partition coefficient (Wildman–Crippen LogP) is -1.85. The van der Waals surface area contributed by atoms with Crippen molar-refractivity contribution in [2.45, 2.75) is 19.1 Å². The number of carbonyl (C=O) groups is 1. The minimum Gasteiger partial charge on any atom is -0.396 e. The number of aliphatic hydroxyl groups is 2. The molecule has 0 aromatic rings. The summed E-state index contributed by atoms with van der Waals surface area (Å²) in [5.74, 6) is -0.391. The molecule has 0 bridgehead atoms. The van der Waals surface area contributed by atoms with Gasteiger partial charge in [-0.25, -0.2) is 0 Å². The molecule has 0 spiro atoms. The molecule has 0 aliphatic carbocycles. The molecule has 1 amide bonds. The number of carbonyl (C=O) groups excluding carboxylic acids is 1. The van der Waals surface area contributed by atoms with Gasteiger partial charge in [0.2, 0.25) is 5.91 Å². The Hall–Kier alpha value is -0.650. The number of hydrogen-bond donors (Lipinski definition) is 3. The van der Waals surface area contributed by atoms with Crippen molar-refractivity contribution in [1.82, 2.24) is 4.90 Å². The molecule has 1 fully saturated rings. The lowest BCUT2D eigenvalue weighted by Gasteiger charge is -2.17. The highest BCUT2D eigenvalue weighted by Gasteiger charge is 2.34. The highest BCUT2D eigenvalue weighted by atomic mass is 16.3. The van der Waals surface area contributed by atoms with Crippen LogP contribution >= 0.6 is 0 Å². The van der Waals surface area contributed by atoms with Crippen molar-refractivity contribution in [3.05, 3.63) is 0 Å². The summed E-state index contributed by atoms with van der Waals surface area (Å²) < 4.78 is 0. The average Bonchev–Trinajstić information content (AvgIpc) is 2.45. The zero-order valence-corrected chi connectivity index (χ0v) is 7.68. The molecule has 1 aliphatic heterocycles. The van der Waals surface area contributed by atoms with E-state index in [1.807, 2.05) is 0 Å². The van der Waals surface area contributed by atoms with Gasteiger partial charge >= 0.3 is 0 Å². The van der Waals surface area contributed by atoms with Crippen molar-refractivity contribution in [1.29, 1.82) is 0 Å². The lowest BCUT2D eigenvalue weighted by molar-refractivity contribution is -0.131. The van der Waals surface area contributed by atoms with Gasteiger partial charge in [-0.05, 0) is 6.92 Å². The zero-order valence-electron chi connectivity index (χ0n) is 7.68. The number of β-amino-alcohol motifs (C(OH)–C–C–N with tert-alkyl or cyclic N) is 1. The fourth-order valence-electron chi connectivity index (χ4n) is 1.50. The Bertz CT molecular complexity index is 196. The Morgan fingerprint density at radius 2 is 2.31 bits per heavy atom. The summed E-state index contributed by atoms with van der Waals surface area (Å²) in [4.78, 5) is 12.9. The molecular formula is C8H16N2O3. The van der Waals surface area contributed by atoms with Crippen LogP contribution in [0.25, 0.3) is 0 Å². The highest BCUT2D eigenvalue weighted by molar-refractivity contribution is 5.81. The van der Waals surface area contributed by atoms with Crippen molar-refractivity contribution in [2.24, 2.45) is 11.7 Å². The van der Waals surface area contributed by atoms with Gasteiger partial charge in [0.15, 0.2) is 0 Å². The lowest BCUT2D eigenvalue weighted by Crippen LogP contribution is -2.41. The molecule has 13 heavy (non-hydrogen) atoms. The van der Waals surface area contributed by atoms with E-state index in [0.29, 0.717) is 6.54 Å². The molecular weight excluding hydrogens is 172 g/mol. The SMILES string of the molecule is C[C@@H](N)C(=O)N1CC(O)C(CO)C1. The van der Waals surface area contributed by atoms with E-state index in [9.17, 15) is 9.90 Å². The Kier molecular flexibility index (Phi) is 3.24. The molecule has 1 rings (SSSR count). The van der Waals surface area contributed by atoms with Gasteiger partial charge in [-0.15, -0.1) is 0 Å². The molecule has 3 atom stereocenters. The lowest BCUT2D eigenvalue weighted by atomic mass is 10.1. The van der Waals surface area contributed by atoms with E-state index >= 15 is 0 Å². The molecule has 5 heteroatoms. The summed E-state index contributed by atoms with van der Waals surface area (Å²) in [7, 11) is 0. The van der Waals surface area contributed by atoms with Crippen molar-refractivity contribution in [2.75, 3.05) is 19.7 Å². The van der Waals surface area contributed by atoms with E-state index in [2.05, 4.69) is 0 Å². The minimum absolute atomic E-state index is 0.0934. The number of hydrogen-bond acceptors (Lipinski definition) is 4. The summed E-state index contributed by atoms with van der Waals surface area (Å²) >= 11 is 0. The predicted molar refractivity (Wildman–Crippen MR) is 46.8 cm³/mol. The van der Waals surface area contributed by atoms with E-state index in [0.717, 1.165) is 0 Å². The molecule has 5 nitrogen and oxygen atoms in total. The van der Waals surface area contributed by atoms with E-state index < -0.39 is 12.1 Å². The van der Waals surface area contributed by atoms with Crippen LogP contribution in [0.2, 0.25) is 0 Å². The topological polar surface area (TPSA) is 86.8 Å². The summed E-state index contributed by atoms with van der Waals surface area (Å²) in [5.41, 5.74) is 5.41. The Balaban J connectivity index is 2.53. The third-order valence-electron chi connectivity index (χ3n) is 2.34. The normalized spacial score (nSPS) is 30.6. The van der Waals surface area contributed by atoms with Crippen molar-refractivity contribution >= 4 is 5.91 Å². The first-order valence-corrected chi connectivity index (χ1v) is 4.39. The molecule has 1 saturated heterocycles. The van der Waals surface area contributed by atoms with E-state index in [4.69, 9.17) is 10.8 Å². The maximum absolute atomic E-state index is 11.4. The van der Waals surface area contributed by atoms with Gasteiger partial charge in [-0.2, -0.15) is 0 Å². The van der Waals surface area contributed by atoms with Crippen LogP contribution in [0.5, 0.6) is 0 Å². The molecule has 2 unspecified atom stereocenters. The van der Waals surface area contributed by atoms with Crippen LogP contribution in [0.15, 0.2) is 0 Å². The van der Waals surface area contributed by atoms with Crippen LogP contribution < -0.4 is 5.73 Å². The van der Waals surface area contributed by atoms with E-state index in [1.54, 1.807) is 6.92 Å². The van der Waals surface area contributed by atoms with E-state index in [-0.39, 0.29) is 25.0 Å². The monoisotopic (exact) mass is 188 g/mol. The highest BCUT2D eigenvalue weighted by Crippen LogP contribution is 2.16. The second-order valence-corrected chi connectivity index (χ2v) is 3.54. The number of nitrogens with two attached hydrogens (primary N) is 1. The summed E-state index contributed by atoms with van der Waals surface area (Å²) in [6, 6.07) is -0.537. The Labute approximate surface area is 77.1 Å². The van der Waals surface area contributed by atoms with Gasteiger partial charge in [0.05, 0.1) is 18.8 Å². The van der Waals surface area contributed by atoms with Gasteiger partial charge in [0.25, 0.3) is 0 Å². The first-order valence-electron chi connectivity index (χ1n) is 4.39. The summed E-state index contributed by atoms with van der Waals surface area (Å²) in [6.07, 6.45) is -0.618. The third-order valence-corrected chi connectivity index (χ3v) is 2.34. The standard InChI is InChI=1S/C8H16N2O3/c1-5(9)8(13)10-2-6(4-11)7(12)3-10/h5-7,11-12H,2-4,9H2,1H3/t5-,6?,7?/m1/s1. The summed E-state index contributed by atoms with van der Waals surface area (Å²) in [6.45, 7) is 2.20. The third kappa shape index (κ3) is 2.18.